The minimum atomic E-state index is -0.842. The topological polar surface area (TPSA) is 140 Å². The maximum absolute atomic E-state index is 15.6. The Hall–Kier alpha value is -4.88. The van der Waals surface area contributed by atoms with Gasteiger partial charge in [0.1, 0.15) is 5.82 Å². The lowest BCUT2D eigenvalue weighted by Gasteiger charge is -2.50. The van der Waals surface area contributed by atoms with Crippen molar-refractivity contribution in [1.29, 1.82) is 0 Å². The zero-order valence-corrected chi connectivity index (χ0v) is 27.6. The van der Waals surface area contributed by atoms with Crippen molar-refractivity contribution < 1.29 is 18.7 Å². The minimum Gasteiger partial charge on any atom is -0.481 e. The number of aryl methyl sites for hydroxylation is 2. The average molecular weight is 674 g/mol. The van der Waals surface area contributed by atoms with Gasteiger partial charge in [-0.3, -0.25) is 23.9 Å². The van der Waals surface area contributed by atoms with E-state index in [0.29, 0.717) is 40.4 Å². The molecule has 1 aliphatic carbocycles. The number of carbonyl (C=O) groups excluding carboxylic acids is 2. The predicted octanol–water partition coefficient (Wildman–Crippen LogP) is 3.52. The van der Waals surface area contributed by atoms with Gasteiger partial charge in [0.05, 0.1) is 23.4 Å². The van der Waals surface area contributed by atoms with Gasteiger partial charge in [0.2, 0.25) is 17.5 Å². The van der Waals surface area contributed by atoms with Crippen LogP contribution in [0.1, 0.15) is 52.5 Å². The number of nitrogens with zero attached hydrogens (tertiary/aromatic N) is 5. The average Bonchev–Trinajstić information content (AvgIpc) is 3.66. The van der Waals surface area contributed by atoms with Crippen molar-refractivity contribution in [3.05, 3.63) is 90.5 Å². The Morgan fingerprint density at radius 3 is 2.60 bits per heavy atom. The molecule has 1 spiro atoms. The molecule has 2 aromatic heterocycles. The van der Waals surface area contributed by atoms with Crippen LogP contribution in [0.2, 0.25) is 5.02 Å². The van der Waals surface area contributed by atoms with Crippen LogP contribution >= 0.6 is 11.6 Å². The summed E-state index contributed by atoms with van der Waals surface area (Å²) in [4.78, 5) is 56.8. The van der Waals surface area contributed by atoms with Crippen LogP contribution in [0.4, 0.5) is 10.1 Å². The van der Waals surface area contributed by atoms with E-state index in [9.17, 15) is 19.2 Å². The van der Waals surface area contributed by atoms with Gasteiger partial charge in [-0.1, -0.05) is 23.7 Å². The number of hydrogen-bond donors (Lipinski definition) is 2. The van der Waals surface area contributed by atoms with Crippen molar-refractivity contribution in [2.45, 2.75) is 44.2 Å². The van der Waals surface area contributed by atoms with E-state index >= 15 is 4.39 Å². The molecule has 2 N–H and O–H groups in total. The molecule has 2 saturated heterocycles. The van der Waals surface area contributed by atoms with Gasteiger partial charge in [-0.25, -0.2) is 18.9 Å². The number of carbonyl (C=O) groups is 2. The van der Waals surface area contributed by atoms with Gasteiger partial charge in [-0.2, -0.15) is 5.10 Å². The van der Waals surface area contributed by atoms with Gasteiger partial charge >= 0.3 is 5.69 Å². The number of benzene rings is 2. The van der Waals surface area contributed by atoms with Crippen LogP contribution in [0.15, 0.2) is 46.0 Å². The monoisotopic (exact) mass is 673 g/mol. The molecule has 7 rings (SSSR count). The summed E-state index contributed by atoms with van der Waals surface area (Å²) < 4.78 is 23.1. The molecular weight excluding hydrogens is 641 g/mol. The first-order valence-electron chi connectivity index (χ1n) is 15.6. The smallest absolute Gasteiger partial charge is 0.346 e. The molecule has 48 heavy (non-hydrogen) atoms. The maximum atomic E-state index is 15.6. The van der Waals surface area contributed by atoms with E-state index < -0.39 is 28.7 Å². The molecule has 0 saturated carbocycles. The standard InChI is InChI=1S/C34H33ClFN7O5/c1-17-19(6-5-7-22(17)37-30(45)29-32(46)41(2)33(47)42(3)40-29)27-21(36)10-9-20(28(27)35)23-14-18-8-11-24(26(18)31(38-23)48-4)43-15-34(16-43)13-12-25(44)39-34/h5-7,9-10,14,24H,8,11-13,15-16H2,1-4H3,(H,37,45)(H,39,44). The molecule has 12 nitrogen and oxygen atoms in total. The number of amides is 2. The Kier molecular flexibility index (Phi) is 7.71. The first-order chi connectivity index (χ1) is 22.9. The second-order valence-electron chi connectivity index (χ2n) is 12.7. The lowest BCUT2D eigenvalue weighted by atomic mass is 9.86. The number of hydrogen-bond acceptors (Lipinski definition) is 8. The van der Waals surface area contributed by atoms with Crippen LogP contribution in [0.25, 0.3) is 22.4 Å². The van der Waals surface area contributed by atoms with E-state index in [1.807, 2.05) is 6.07 Å². The van der Waals surface area contributed by atoms with Crippen LogP contribution in [0, 0.1) is 12.7 Å². The Balaban J connectivity index is 1.21. The van der Waals surface area contributed by atoms with E-state index in [2.05, 4.69) is 20.6 Å². The number of likely N-dealkylation sites (tertiary alicyclic amines) is 1. The quantitative estimate of drug-likeness (QED) is 0.317. The summed E-state index contributed by atoms with van der Waals surface area (Å²) >= 11 is 6.98. The number of rotatable bonds is 6. The van der Waals surface area contributed by atoms with Gasteiger partial charge in [0.25, 0.3) is 11.5 Å². The largest absolute Gasteiger partial charge is 0.481 e. The van der Waals surface area contributed by atoms with E-state index in [4.69, 9.17) is 21.3 Å². The van der Waals surface area contributed by atoms with Crippen LogP contribution in [0.5, 0.6) is 5.88 Å². The zero-order chi connectivity index (χ0) is 34.1. The van der Waals surface area contributed by atoms with Crippen LogP contribution in [-0.2, 0) is 25.3 Å². The van der Waals surface area contributed by atoms with Crippen molar-refractivity contribution in [2.75, 3.05) is 25.5 Å². The van der Waals surface area contributed by atoms with Crippen LogP contribution < -0.4 is 26.6 Å². The highest BCUT2D eigenvalue weighted by molar-refractivity contribution is 6.36. The Morgan fingerprint density at radius 2 is 1.90 bits per heavy atom. The number of methoxy groups -OCH3 is 1. The fourth-order valence-electron chi connectivity index (χ4n) is 7.26. The summed E-state index contributed by atoms with van der Waals surface area (Å²) in [6, 6.07) is 9.97. The molecule has 3 aliphatic rings. The molecule has 4 heterocycles. The Bertz CT molecular complexity index is 2160. The van der Waals surface area contributed by atoms with E-state index in [1.165, 1.54) is 20.2 Å². The number of pyridine rings is 1. The first kappa shape index (κ1) is 31.7. The van der Waals surface area contributed by atoms with Crippen molar-refractivity contribution in [3.63, 3.8) is 0 Å². The number of ether oxygens (including phenoxy) is 1. The Morgan fingerprint density at radius 1 is 1.12 bits per heavy atom. The lowest BCUT2D eigenvalue weighted by molar-refractivity contribution is -0.121. The van der Waals surface area contributed by atoms with Gasteiger partial charge in [-0.15, -0.1) is 0 Å². The first-order valence-corrected chi connectivity index (χ1v) is 16.0. The molecule has 2 fully saturated rings. The molecule has 248 valence electrons. The SMILES string of the molecule is COc1nc(-c2ccc(F)c(-c3cccc(NC(=O)c4nn(C)c(=O)n(C)c4=O)c3C)c2Cl)cc2c1C(N1CC3(CCC(=O)N3)C1)CC2. The second kappa shape index (κ2) is 11.7. The molecular formula is C34H33ClFN7O5. The van der Waals surface area contributed by atoms with Crippen LogP contribution in [0.3, 0.4) is 0 Å². The van der Waals surface area contributed by atoms with Crippen molar-refractivity contribution in [3.8, 4) is 28.3 Å². The molecule has 2 aliphatic heterocycles. The number of anilines is 1. The predicted molar refractivity (Wildman–Crippen MR) is 177 cm³/mol. The fraction of sp³-hybridized carbons (Fsp3) is 0.353. The van der Waals surface area contributed by atoms with E-state index in [1.54, 1.807) is 38.3 Å². The molecule has 2 aromatic carbocycles. The maximum Gasteiger partial charge on any atom is 0.346 e. The second-order valence-corrected chi connectivity index (χ2v) is 13.1. The van der Waals surface area contributed by atoms with Gasteiger partial charge in [-0.05, 0) is 67.1 Å². The summed E-state index contributed by atoms with van der Waals surface area (Å²) in [5, 5.41) is 9.79. The zero-order valence-electron chi connectivity index (χ0n) is 26.8. The summed E-state index contributed by atoms with van der Waals surface area (Å²) in [7, 11) is 4.18. The van der Waals surface area contributed by atoms with Crippen molar-refractivity contribution in [2.24, 2.45) is 14.1 Å². The number of nitrogens with one attached hydrogen (secondary N) is 2. The Labute approximate surface area is 279 Å². The highest BCUT2D eigenvalue weighted by atomic mass is 35.5. The molecule has 0 bridgehead atoms. The molecule has 2 amide bonds. The summed E-state index contributed by atoms with van der Waals surface area (Å²) in [5.74, 6) is -0.788. The molecule has 14 heteroatoms. The van der Waals surface area contributed by atoms with E-state index in [0.717, 1.165) is 52.7 Å². The number of aromatic nitrogens is 4. The van der Waals surface area contributed by atoms with Gasteiger partial charge < -0.3 is 15.4 Å². The minimum absolute atomic E-state index is 0.110. The van der Waals surface area contributed by atoms with Crippen molar-refractivity contribution >= 4 is 29.1 Å². The van der Waals surface area contributed by atoms with Crippen LogP contribution in [-0.4, -0.2) is 61.8 Å². The third kappa shape index (κ3) is 5.08. The van der Waals surface area contributed by atoms with E-state index in [-0.39, 0.29) is 28.1 Å². The fourth-order valence-corrected chi connectivity index (χ4v) is 7.62. The third-order valence-corrected chi connectivity index (χ3v) is 10.2. The highest BCUT2D eigenvalue weighted by Gasteiger charge is 2.51. The van der Waals surface area contributed by atoms with Gasteiger partial charge in [0, 0.05) is 62.0 Å². The molecule has 0 radical (unpaired) electrons. The molecule has 4 aromatic rings. The summed E-state index contributed by atoms with van der Waals surface area (Å²) in [5.41, 5.74) is 2.42. The van der Waals surface area contributed by atoms with Crippen molar-refractivity contribution in [1.82, 2.24) is 29.5 Å². The lowest BCUT2D eigenvalue weighted by Crippen LogP contribution is -2.67. The third-order valence-electron chi connectivity index (χ3n) is 9.76. The molecule has 1 unspecified atom stereocenters. The molecule has 1 atom stereocenters. The summed E-state index contributed by atoms with van der Waals surface area (Å²) in [6.45, 7) is 3.28. The number of fused-ring (bicyclic) bond motifs is 1. The summed E-state index contributed by atoms with van der Waals surface area (Å²) in [6.07, 6.45) is 3.12. The number of halogens is 2. The highest BCUT2D eigenvalue weighted by Crippen LogP contribution is 2.48. The van der Waals surface area contributed by atoms with Gasteiger partial charge in [0.15, 0.2) is 0 Å². The normalized spacial score (nSPS) is 18.0.